The van der Waals surface area contributed by atoms with Gasteiger partial charge in [-0.05, 0) is 47.1 Å². The van der Waals surface area contributed by atoms with E-state index in [1.165, 1.54) is 4.90 Å². The van der Waals surface area contributed by atoms with Crippen molar-refractivity contribution in [1.82, 2.24) is 4.90 Å². The van der Waals surface area contributed by atoms with Crippen molar-refractivity contribution in [3.63, 3.8) is 0 Å². The molecule has 0 saturated heterocycles. The summed E-state index contributed by atoms with van der Waals surface area (Å²) in [6, 6.07) is 14.4. The summed E-state index contributed by atoms with van der Waals surface area (Å²) in [5.74, 6) is 0.479. The van der Waals surface area contributed by atoms with Crippen molar-refractivity contribution in [2.45, 2.75) is 6.92 Å². The number of rotatable bonds is 8. The number of carbonyl (C=O) groups is 2. The average Bonchev–Trinajstić information content (AvgIpc) is 2.62. The Hall–Kier alpha value is -2.54. The van der Waals surface area contributed by atoms with Gasteiger partial charge in [-0.2, -0.15) is 0 Å². The van der Waals surface area contributed by atoms with Crippen molar-refractivity contribution in [2.75, 3.05) is 32.1 Å². The van der Waals surface area contributed by atoms with Crippen LogP contribution in [-0.4, -0.2) is 43.5 Å². The number of hydrogen-bond donors (Lipinski definition) is 1. The van der Waals surface area contributed by atoms with Gasteiger partial charge in [0.25, 0.3) is 5.91 Å². The highest BCUT2D eigenvalue weighted by molar-refractivity contribution is 9.10. The molecule has 0 radical (unpaired) electrons. The molecular formula is C19H21BrN2O4. The van der Waals surface area contributed by atoms with E-state index in [9.17, 15) is 9.59 Å². The number of amides is 2. The molecule has 0 aliphatic carbocycles. The summed E-state index contributed by atoms with van der Waals surface area (Å²) >= 11 is 3.36. The number of para-hydroxylation sites is 3. The lowest BCUT2D eigenvalue weighted by Crippen LogP contribution is -2.37. The standard InChI is InChI=1S/C19H21BrN2O4/c1-3-25-16-10-6-7-11-17(16)26-13-19(24)22(2)12-18(23)21-15-9-5-4-8-14(15)20/h4-11H,3,12-13H2,1-2H3,(H,21,23). The lowest BCUT2D eigenvalue weighted by molar-refractivity contribution is -0.135. The molecule has 0 bridgehead atoms. The number of ether oxygens (including phenoxy) is 2. The molecule has 138 valence electrons. The molecule has 0 aliphatic rings. The summed E-state index contributed by atoms with van der Waals surface area (Å²) in [5.41, 5.74) is 0.653. The maximum atomic E-state index is 12.2. The van der Waals surface area contributed by atoms with Gasteiger partial charge in [0.1, 0.15) is 0 Å². The summed E-state index contributed by atoms with van der Waals surface area (Å²) in [5, 5.41) is 2.76. The minimum Gasteiger partial charge on any atom is -0.490 e. The Morgan fingerprint density at radius 2 is 1.65 bits per heavy atom. The highest BCUT2D eigenvalue weighted by Crippen LogP contribution is 2.26. The highest BCUT2D eigenvalue weighted by Gasteiger charge is 2.15. The van der Waals surface area contributed by atoms with Gasteiger partial charge < -0.3 is 19.7 Å². The van der Waals surface area contributed by atoms with Crippen molar-refractivity contribution in [3.8, 4) is 11.5 Å². The third-order valence-corrected chi connectivity index (χ3v) is 4.15. The Balaban J connectivity index is 1.86. The lowest BCUT2D eigenvalue weighted by Gasteiger charge is -2.18. The number of benzene rings is 2. The molecule has 0 aliphatic heterocycles. The molecule has 0 spiro atoms. The average molecular weight is 421 g/mol. The Bertz CT molecular complexity index is 767. The SMILES string of the molecule is CCOc1ccccc1OCC(=O)N(C)CC(=O)Nc1ccccc1Br. The Kier molecular flexibility index (Phi) is 7.47. The largest absolute Gasteiger partial charge is 0.490 e. The van der Waals surface area contributed by atoms with Crippen LogP contribution in [-0.2, 0) is 9.59 Å². The van der Waals surface area contributed by atoms with Crippen molar-refractivity contribution in [1.29, 1.82) is 0 Å². The summed E-state index contributed by atoms with van der Waals surface area (Å²) < 4.78 is 11.8. The van der Waals surface area contributed by atoms with E-state index in [4.69, 9.17) is 9.47 Å². The lowest BCUT2D eigenvalue weighted by atomic mass is 10.3. The third kappa shape index (κ3) is 5.77. The molecular weight excluding hydrogens is 400 g/mol. The van der Waals surface area contributed by atoms with Crippen molar-refractivity contribution in [3.05, 3.63) is 53.0 Å². The van der Waals surface area contributed by atoms with Crippen LogP contribution < -0.4 is 14.8 Å². The number of nitrogens with one attached hydrogen (secondary N) is 1. The number of carbonyl (C=O) groups excluding carboxylic acids is 2. The number of anilines is 1. The fraction of sp³-hybridized carbons (Fsp3) is 0.263. The molecule has 2 rings (SSSR count). The predicted octanol–water partition coefficient (Wildman–Crippen LogP) is 3.32. The summed E-state index contributed by atoms with van der Waals surface area (Å²) in [6.45, 7) is 2.13. The fourth-order valence-corrected chi connectivity index (χ4v) is 2.53. The molecule has 0 heterocycles. The summed E-state index contributed by atoms with van der Waals surface area (Å²) in [7, 11) is 1.56. The van der Waals surface area contributed by atoms with Crippen LogP contribution in [0.4, 0.5) is 5.69 Å². The van der Waals surface area contributed by atoms with E-state index in [1.807, 2.05) is 31.2 Å². The molecule has 6 nitrogen and oxygen atoms in total. The first-order chi connectivity index (χ1) is 12.5. The van der Waals surface area contributed by atoms with Gasteiger partial charge in [-0.3, -0.25) is 9.59 Å². The van der Waals surface area contributed by atoms with Gasteiger partial charge in [0.05, 0.1) is 18.8 Å². The zero-order valence-corrected chi connectivity index (χ0v) is 16.3. The Morgan fingerprint density at radius 3 is 2.31 bits per heavy atom. The van der Waals surface area contributed by atoms with Crippen molar-refractivity contribution in [2.24, 2.45) is 0 Å². The van der Waals surface area contributed by atoms with Crippen molar-refractivity contribution >= 4 is 33.4 Å². The van der Waals surface area contributed by atoms with Crippen LogP contribution in [0.15, 0.2) is 53.0 Å². The first kappa shape index (κ1) is 19.8. The Labute approximate surface area is 161 Å². The van der Waals surface area contributed by atoms with Gasteiger partial charge in [-0.25, -0.2) is 0 Å². The summed E-state index contributed by atoms with van der Waals surface area (Å²) in [6.07, 6.45) is 0. The Morgan fingerprint density at radius 1 is 1.04 bits per heavy atom. The van der Waals surface area contributed by atoms with Gasteiger partial charge in [0.15, 0.2) is 18.1 Å². The number of nitrogens with zero attached hydrogens (tertiary/aromatic N) is 1. The zero-order chi connectivity index (χ0) is 18.9. The van der Waals surface area contributed by atoms with E-state index in [0.717, 1.165) is 4.47 Å². The van der Waals surface area contributed by atoms with E-state index in [0.29, 0.717) is 23.8 Å². The minimum atomic E-state index is -0.307. The molecule has 2 amide bonds. The summed E-state index contributed by atoms with van der Waals surface area (Å²) in [4.78, 5) is 25.6. The van der Waals surface area contributed by atoms with Gasteiger partial charge in [0, 0.05) is 11.5 Å². The molecule has 0 atom stereocenters. The maximum absolute atomic E-state index is 12.2. The molecule has 0 aromatic heterocycles. The molecule has 2 aromatic rings. The highest BCUT2D eigenvalue weighted by atomic mass is 79.9. The first-order valence-corrected chi connectivity index (χ1v) is 8.93. The monoisotopic (exact) mass is 420 g/mol. The number of likely N-dealkylation sites (N-methyl/N-ethyl adjacent to an activating group) is 1. The van der Waals surface area contributed by atoms with Crippen molar-refractivity contribution < 1.29 is 19.1 Å². The second-order valence-corrected chi connectivity index (χ2v) is 6.30. The van der Waals surface area contributed by atoms with Crippen LogP contribution in [0.2, 0.25) is 0 Å². The van der Waals surface area contributed by atoms with Crippen LogP contribution >= 0.6 is 15.9 Å². The van der Waals surface area contributed by atoms with Gasteiger partial charge in [-0.15, -0.1) is 0 Å². The molecule has 0 fully saturated rings. The second-order valence-electron chi connectivity index (χ2n) is 5.45. The molecule has 26 heavy (non-hydrogen) atoms. The second kappa shape index (κ2) is 9.82. The van der Waals surface area contributed by atoms with E-state index in [1.54, 1.807) is 31.3 Å². The normalized spacial score (nSPS) is 10.1. The molecule has 2 aromatic carbocycles. The fourth-order valence-electron chi connectivity index (χ4n) is 2.15. The third-order valence-electron chi connectivity index (χ3n) is 3.45. The smallest absolute Gasteiger partial charge is 0.260 e. The predicted molar refractivity (Wildman–Crippen MR) is 104 cm³/mol. The molecule has 1 N–H and O–H groups in total. The zero-order valence-electron chi connectivity index (χ0n) is 14.7. The van der Waals surface area contributed by atoms with Crippen LogP contribution in [0.5, 0.6) is 11.5 Å². The number of hydrogen-bond acceptors (Lipinski definition) is 4. The van der Waals surface area contributed by atoms with E-state index in [2.05, 4.69) is 21.2 Å². The maximum Gasteiger partial charge on any atom is 0.260 e. The van der Waals surface area contributed by atoms with Gasteiger partial charge >= 0.3 is 0 Å². The van der Waals surface area contributed by atoms with E-state index >= 15 is 0 Å². The first-order valence-electron chi connectivity index (χ1n) is 8.14. The van der Waals surface area contributed by atoms with E-state index < -0.39 is 0 Å². The molecule has 0 saturated carbocycles. The quantitative estimate of drug-likeness (QED) is 0.710. The minimum absolute atomic E-state index is 0.0728. The van der Waals surface area contributed by atoms with Crippen LogP contribution in [0.25, 0.3) is 0 Å². The van der Waals surface area contributed by atoms with Gasteiger partial charge in [0.2, 0.25) is 5.91 Å². The molecule has 7 heteroatoms. The van der Waals surface area contributed by atoms with Crippen LogP contribution in [0.1, 0.15) is 6.92 Å². The molecule has 0 unspecified atom stereocenters. The van der Waals surface area contributed by atoms with E-state index in [-0.39, 0.29) is 25.0 Å². The van der Waals surface area contributed by atoms with Crippen LogP contribution in [0.3, 0.4) is 0 Å². The number of halogens is 1. The van der Waals surface area contributed by atoms with Crippen LogP contribution in [0, 0.1) is 0 Å². The van der Waals surface area contributed by atoms with Gasteiger partial charge in [-0.1, -0.05) is 24.3 Å². The topological polar surface area (TPSA) is 67.9 Å².